The summed E-state index contributed by atoms with van der Waals surface area (Å²) in [6.07, 6.45) is 7.98. The maximum atomic E-state index is 14.3. The van der Waals surface area contributed by atoms with Crippen LogP contribution in [0.1, 0.15) is 31.7 Å². The number of pyridine rings is 1. The highest BCUT2D eigenvalue weighted by atomic mass is 32.2. The minimum absolute atomic E-state index is 0.129. The Bertz CT molecular complexity index is 1120. The van der Waals surface area contributed by atoms with E-state index >= 15 is 0 Å². The Balaban J connectivity index is 1.59. The fourth-order valence-corrected chi connectivity index (χ4v) is 5.21. The predicted molar refractivity (Wildman–Crippen MR) is 108 cm³/mol. The van der Waals surface area contributed by atoms with E-state index in [9.17, 15) is 12.8 Å². The Labute approximate surface area is 174 Å². The standard InChI is InChI=1S/C20H22FN5O3S/c1-29-20-19(6-3-7-22-20)14-8-15(21)10-18(9-14)30(27,28)25-16-4-2-5-17(11-16)26-12-23-24-13-26/h3,6-10,12-13,16-17,25H,2,4-5,11H2,1H3/t16-,17+/m0/s1. The van der Waals surface area contributed by atoms with Crippen LogP contribution in [0.2, 0.25) is 0 Å². The predicted octanol–water partition coefficient (Wildman–Crippen LogP) is 2.95. The molecule has 1 fully saturated rings. The van der Waals surface area contributed by atoms with E-state index in [0.717, 1.165) is 25.3 Å². The zero-order valence-corrected chi connectivity index (χ0v) is 17.2. The molecule has 0 aliphatic heterocycles. The molecular formula is C20H22FN5O3S. The second-order valence-electron chi connectivity index (χ2n) is 7.28. The van der Waals surface area contributed by atoms with Gasteiger partial charge in [0.1, 0.15) is 18.5 Å². The molecule has 2 aromatic heterocycles. The molecule has 1 aliphatic carbocycles. The summed E-state index contributed by atoms with van der Waals surface area (Å²) >= 11 is 0. The molecule has 2 atom stereocenters. The normalized spacial score (nSPS) is 19.5. The van der Waals surface area contributed by atoms with Crippen LogP contribution in [0.4, 0.5) is 4.39 Å². The van der Waals surface area contributed by atoms with Gasteiger partial charge < -0.3 is 9.30 Å². The number of hydrogen-bond acceptors (Lipinski definition) is 6. The lowest BCUT2D eigenvalue weighted by Crippen LogP contribution is -2.38. The summed E-state index contributed by atoms with van der Waals surface area (Å²) in [6, 6.07) is 6.98. The molecule has 30 heavy (non-hydrogen) atoms. The molecule has 158 valence electrons. The number of ether oxygens (including phenoxy) is 1. The first-order valence-electron chi connectivity index (χ1n) is 9.62. The summed E-state index contributed by atoms with van der Waals surface area (Å²) in [5.74, 6) is -0.353. The average molecular weight is 431 g/mol. The Morgan fingerprint density at radius 2 is 2.00 bits per heavy atom. The topological polar surface area (TPSA) is 99.0 Å². The van der Waals surface area contributed by atoms with E-state index in [4.69, 9.17) is 4.74 Å². The number of methoxy groups -OCH3 is 1. The summed E-state index contributed by atoms with van der Waals surface area (Å²) in [7, 11) is -2.46. The van der Waals surface area contributed by atoms with Crippen molar-refractivity contribution in [3.63, 3.8) is 0 Å². The zero-order chi connectivity index (χ0) is 21.1. The van der Waals surface area contributed by atoms with E-state index in [1.807, 2.05) is 4.57 Å². The van der Waals surface area contributed by atoms with Gasteiger partial charge in [-0.2, -0.15) is 0 Å². The third-order valence-electron chi connectivity index (χ3n) is 5.28. The van der Waals surface area contributed by atoms with Crippen molar-refractivity contribution < 1.29 is 17.5 Å². The molecule has 0 radical (unpaired) electrons. The van der Waals surface area contributed by atoms with E-state index in [1.165, 1.54) is 19.2 Å². The molecule has 10 heteroatoms. The van der Waals surface area contributed by atoms with Crippen LogP contribution in [0.5, 0.6) is 5.88 Å². The van der Waals surface area contributed by atoms with Crippen LogP contribution in [0.3, 0.4) is 0 Å². The first-order valence-corrected chi connectivity index (χ1v) is 11.1. The van der Waals surface area contributed by atoms with Crippen LogP contribution < -0.4 is 9.46 Å². The number of halogens is 1. The number of sulfonamides is 1. The first-order chi connectivity index (χ1) is 14.5. The minimum Gasteiger partial charge on any atom is -0.481 e. The van der Waals surface area contributed by atoms with Crippen LogP contribution >= 0.6 is 0 Å². The molecular weight excluding hydrogens is 409 g/mol. The largest absolute Gasteiger partial charge is 0.481 e. The van der Waals surface area contributed by atoms with Gasteiger partial charge in [-0.1, -0.05) is 0 Å². The quantitative estimate of drug-likeness (QED) is 0.644. The molecule has 0 unspecified atom stereocenters. The van der Waals surface area contributed by atoms with Gasteiger partial charge in [0, 0.05) is 23.8 Å². The van der Waals surface area contributed by atoms with Crippen LogP contribution in [0.15, 0.2) is 54.1 Å². The lowest BCUT2D eigenvalue weighted by Gasteiger charge is -2.30. The van der Waals surface area contributed by atoms with Crippen molar-refractivity contribution >= 4 is 10.0 Å². The van der Waals surface area contributed by atoms with Crippen molar-refractivity contribution in [2.24, 2.45) is 0 Å². The van der Waals surface area contributed by atoms with Gasteiger partial charge in [-0.15, -0.1) is 10.2 Å². The second kappa shape index (κ2) is 8.49. The summed E-state index contributed by atoms with van der Waals surface area (Å²) in [6.45, 7) is 0. The number of rotatable bonds is 6. The van der Waals surface area contributed by atoms with Crippen molar-refractivity contribution in [2.75, 3.05) is 7.11 Å². The third-order valence-corrected chi connectivity index (χ3v) is 6.78. The number of nitrogens with zero attached hydrogens (tertiary/aromatic N) is 4. The molecule has 4 rings (SSSR count). The Hall–Kier alpha value is -2.85. The fraction of sp³-hybridized carbons (Fsp3) is 0.350. The van der Waals surface area contributed by atoms with Crippen LogP contribution in [0, 0.1) is 5.82 Å². The van der Waals surface area contributed by atoms with E-state index in [-0.39, 0.29) is 17.0 Å². The van der Waals surface area contributed by atoms with Gasteiger partial charge in [0.25, 0.3) is 0 Å². The molecule has 2 heterocycles. The Kier molecular flexibility index (Phi) is 5.78. The molecule has 0 amide bonds. The molecule has 0 spiro atoms. The molecule has 8 nitrogen and oxygen atoms in total. The van der Waals surface area contributed by atoms with Crippen molar-refractivity contribution in [3.8, 4) is 17.0 Å². The fourth-order valence-electron chi connectivity index (χ4n) is 3.87. The third kappa shape index (κ3) is 4.34. The maximum absolute atomic E-state index is 14.3. The smallest absolute Gasteiger partial charge is 0.240 e. The number of nitrogens with one attached hydrogen (secondary N) is 1. The van der Waals surface area contributed by atoms with Gasteiger partial charge in [0.2, 0.25) is 15.9 Å². The molecule has 3 aromatic rings. The first kappa shape index (κ1) is 20.4. The summed E-state index contributed by atoms with van der Waals surface area (Å²) < 4.78 is 50.3. The molecule has 1 aromatic carbocycles. The summed E-state index contributed by atoms with van der Waals surface area (Å²) in [4.78, 5) is 3.97. The number of benzene rings is 1. The second-order valence-corrected chi connectivity index (χ2v) is 9.00. The van der Waals surface area contributed by atoms with Gasteiger partial charge in [-0.05, 0) is 61.6 Å². The number of hydrogen-bond donors (Lipinski definition) is 1. The molecule has 1 saturated carbocycles. The Morgan fingerprint density at radius 1 is 1.20 bits per heavy atom. The van der Waals surface area contributed by atoms with E-state index < -0.39 is 15.8 Å². The van der Waals surface area contributed by atoms with Crippen LogP contribution in [-0.4, -0.2) is 41.3 Å². The SMILES string of the molecule is COc1ncccc1-c1cc(F)cc(S(=O)(=O)N[C@H]2CCC[C@@H](n3cnnc3)C2)c1. The highest BCUT2D eigenvalue weighted by molar-refractivity contribution is 7.89. The summed E-state index contributed by atoms with van der Waals surface area (Å²) in [5.41, 5.74) is 0.896. The van der Waals surface area contributed by atoms with Crippen LogP contribution in [0.25, 0.3) is 11.1 Å². The maximum Gasteiger partial charge on any atom is 0.240 e. The van der Waals surface area contributed by atoms with E-state index in [0.29, 0.717) is 23.4 Å². The van der Waals surface area contributed by atoms with Crippen molar-refractivity contribution in [3.05, 3.63) is 55.0 Å². The van der Waals surface area contributed by atoms with Crippen LogP contribution in [-0.2, 0) is 10.0 Å². The van der Waals surface area contributed by atoms with Crippen molar-refractivity contribution in [1.82, 2.24) is 24.5 Å². The van der Waals surface area contributed by atoms with Gasteiger partial charge in [0.15, 0.2) is 0 Å². The average Bonchev–Trinajstić information content (AvgIpc) is 3.28. The zero-order valence-electron chi connectivity index (χ0n) is 16.4. The highest BCUT2D eigenvalue weighted by Crippen LogP contribution is 2.32. The van der Waals surface area contributed by atoms with Gasteiger partial charge in [0.05, 0.1) is 12.0 Å². The monoisotopic (exact) mass is 431 g/mol. The lowest BCUT2D eigenvalue weighted by molar-refractivity contribution is 0.305. The van der Waals surface area contributed by atoms with E-state index in [1.54, 1.807) is 31.0 Å². The highest BCUT2D eigenvalue weighted by Gasteiger charge is 2.28. The van der Waals surface area contributed by atoms with Gasteiger partial charge >= 0.3 is 0 Å². The van der Waals surface area contributed by atoms with E-state index in [2.05, 4.69) is 19.9 Å². The molecule has 1 aliphatic rings. The lowest BCUT2D eigenvalue weighted by atomic mass is 9.91. The summed E-state index contributed by atoms with van der Waals surface area (Å²) in [5, 5.41) is 7.65. The number of aromatic nitrogens is 4. The molecule has 0 saturated heterocycles. The van der Waals surface area contributed by atoms with Crippen molar-refractivity contribution in [1.29, 1.82) is 0 Å². The van der Waals surface area contributed by atoms with Gasteiger partial charge in [-0.25, -0.2) is 22.5 Å². The Morgan fingerprint density at radius 3 is 2.77 bits per heavy atom. The van der Waals surface area contributed by atoms with Crippen molar-refractivity contribution in [2.45, 2.75) is 42.7 Å². The molecule has 1 N–H and O–H groups in total. The minimum atomic E-state index is -3.92. The molecule has 0 bridgehead atoms. The van der Waals surface area contributed by atoms with Gasteiger partial charge in [-0.3, -0.25) is 0 Å².